The molecule has 2 aromatic carbocycles. The van der Waals surface area contributed by atoms with E-state index in [1.165, 1.54) is 21.1 Å². The Hall–Kier alpha value is -2.94. The number of rotatable bonds is 9. The largest absolute Gasteiger partial charge is 0.494 e. The zero-order valence-electron chi connectivity index (χ0n) is 17.1. The zero-order valence-corrected chi connectivity index (χ0v) is 17.9. The van der Waals surface area contributed by atoms with Gasteiger partial charge in [-0.15, -0.1) is 0 Å². The first-order valence-corrected chi connectivity index (χ1v) is 10.8. The third-order valence-corrected chi connectivity index (χ3v) is 5.38. The molecule has 1 amide bonds. The molecule has 158 valence electrons. The molecular formula is C20H26N2O6S. The van der Waals surface area contributed by atoms with Gasteiger partial charge in [-0.2, -0.15) is 0 Å². The van der Waals surface area contributed by atoms with Gasteiger partial charge in [0, 0.05) is 11.8 Å². The lowest BCUT2D eigenvalue weighted by molar-refractivity contribution is -0.116. The highest BCUT2D eigenvalue weighted by atomic mass is 32.2. The normalized spacial score (nSPS) is 12.0. The summed E-state index contributed by atoms with van der Waals surface area (Å²) in [6.45, 7) is 3.88. The molecule has 0 heterocycles. The summed E-state index contributed by atoms with van der Waals surface area (Å²) in [7, 11) is -0.714. The molecule has 0 aromatic heterocycles. The second-order valence-electron chi connectivity index (χ2n) is 6.22. The minimum Gasteiger partial charge on any atom is -0.494 e. The molecule has 2 rings (SSSR count). The fourth-order valence-corrected chi connectivity index (χ4v) is 4.00. The van der Waals surface area contributed by atoms with Crippen molar-refractivity contribution in [1.82, 2.24) is 0 Å². The predicted molar refractivity (Wildman–Crippen MR) is 113 cm³/mol. The standard InChI is InChI=1S/C20H26N2O6S/c1-6-28-17-10-8-16(9-11-17)22(29(5,24)25)14(2)20(23)21-15-7-12-18(26-3)19(13-15)27-4/h7-14H,6H2,1-5H3,(H,21,23)/t14-/m0/s1. The monoisotopic (exact) mass is 422 g/mol. The predicted octanol–water partition coefficient (Wildman–Crippen LogP) is 2.90. The van der Waals surface area contributed by atoms with E-state index >= 15 is 0 Å². The Kier molecular flexibility index (Phi) is 7.33. The van der Waals surface area contributed by atoms with Crippen LogP contribution in [0.3, 0.4) is 0 Å². The van der Waals surface area contributed by atoms with E-state index in [1.807, 2.05) is 6.92 Å². The molecule has 0 radical (unpaired) electrons. The highest BCUT2D eigenvalue weighted by molar-refractivity contribution is 7.92. The maximum Gasteiger partial charge on any atom is 0.247 e. The molecule has 1 N–H and O–H groups in total. The minimum absolute atomic E-state index is 0.367. The van der Waals surface area contributed by atoms with E-state index in [1.54, 1.807) is 42.5 Å². The highest BCUT2D eigenvalue weighted by Crippen LogP contribution is 2.30. The van der Waals surface area contributed by atoms with Crippen molar-refractivity contribution in [1.29, 1.82) is 0 Å². The van der Waals surface area contributed by atoms with Crippen LogP contribution in [0.15, 0.2) is 42.5 Å². The summed E-state index contributed by atoms with van der Waals surface area (Å²) in [5.74, 6) is 1.10. The van der Waals surface area contributed by atoms with E-state index in [-0.39, 0.29) is 0 Å². The van der Waals surface area contributed by atoms with Gasteiger partial charge < -0.3 is 19.5 Å². The van der Waals surface area contributed by atoms with Crippen molar-refractivity contribution in [3.63, 3.8) is 0 Å². The Labute approximate surface area is 171 Å². The van der Waals surface area contributed by atoms with Crippen LogP contribution in [0.4, 0.5) is 11.4 Å². The van der Waals surface area contributed by atoms with Crippen LogP contribution in [-0.4, -0.2) is 47.4 Å². The molecule has 29 heavy (non-hydrogen) atoms. The number of nitrogens with one attached hydrogen (secondary N) is 1. The summed E-state index contributed by atoms with van der Waals surface area (Å²) in [6, 6.07) is 10.4. The van der Waals surface area contributed by atoms with Crippen LogP contribution in [-0.2, 0) is 14.8 Å². The number of anilines is 2. The van der Waals surface area contributed by atoms with Crippen molar-refractivity contribution in [2.45, 2.75) is 19.9 Å². The Morgan fingerprint density at radius 3 is 2.21 bits per heavy atom. The zero-order chi connectivity index (χ0) is 21.6. The Morgan fingerprint density at radius 2 is 1.69 bits per heavy atom. The number of hydrogen-bond acceptors (Lipinski definition) is 6. The molecule has 0 saturated heterocycles. The van der Waals surface area contributed by atoms with E-state index < -0.39 is 22.0 Å². The van der Waals surface area contributed by atoms with Gasteiger partial charge in [0.15, 0.2) is 11.5 Å². The number of methoxy groups -OCH3 is 2. The van der Waals surface area contributed by atoms with Gasteiger partial charge in [0.25, 0.3) is 0 Å². The SMILES string of the molecule is CCOc1ccc(N([C@@H](C)C(=O)Nc2ccc(OC)c(OC)c2)S(C)(=O)=O)cc1. The molecule has 0 fully saturated rings. The first-order chi connectivity index (χ1) is 13.7. The number of amides is 1. The van der Waals surface area contributed by atoms with Crippen LogP contribution in [0.5, 0.6) is 17.2 Å². The highest BCUT2D eigenvalue weighted by Gasteiger charge is 2.29. The smallest absolute Gasteiger partial charge is 0.247 e. The number of carbonyl (C=O) groups is 1. The molecule has 9 heteroatoms. The quantitative estimate of drug-likeness (QED) is 0.668. The van der Waals surface area contributed by atoms with Crippen LogP contribution in [0.1, 0.15) is 13.8 Å². The average Bonchev–Trinajstić information content (AvgIpc) is 2.68. The van der Waals surface area contributed by atoms with Crippen LogP contribution in [0.25, 0.3) is 0 Å². The molecular weight excluding hydrogens is 396 g/mol. The van der Waals surface area contributed by atoms with Crippen molar-refractivity contribution >= 4 is 27.3 Å². The number of carbonyl (C=O) groups excluding carboxylic acids is 1. The lowest BCUT2D eigenvalue weighted by Crippen LogP contribution is -2.45. The van der Waals surface area contributed by atoms with Crippen molar-refractivity contribution in [2.24, 2.45) is 0 Å². The van der Waals surface area contributed by atoms with Gasteiger partial charge in [-0.25, -0.2) is 8.42 Å². The number of hydrogen-bond donors (Lipinski definition) is 1. The third kappa shape index (κ3) is 5.54. The molecule has 2 aromatic rings. The number of nitrogens with zero attached hydrogens (tertiary/aromatic N) is 1. The first kappa shape index (κ1) is 22.4. The van der Waals surface area contributed by atoms with Crippen LogP contribution in [0.2, 0.25) is 0 Å². The van der Waals surface area contributed by atoms with E-state index in [0.29, 0.717) is 35.2 Å². The summed E-state index contributed by atoms with van der Waals surface area (Å²) >= 11 is 0. The summed E-state index contributed by atoms with van der Waals surface area (Å²) in [5.41, 5.74) is 0.825. The number of ether oxygens (including phenoxy) is 3. The van der Waals surface area contributed by atoms with Crippen LogP contribution < -0.4 is 23.8 Å². The Balaban J connectivity index is 2.27. The van der Waals surface area contributed by atoms with Crippen molar-refractivity contribution in [3.8, 4) is 17.2 Å². The van der Waals surface area contributed by atoms with Crippen molar-refractivity contribution in [3.05, 3.63) is 42.5 Å². The second kappa shape index (κ2) is 9.51. The maximum absolute atomic E-state index is 12.8. The van der Waals surface area contributed by atoms with Crippen molar-refractivity contribution < 1.29 is 27.4 Å². The van der Waals surface area contributed by atoms with Gasteiger partial charge in [-0.3, -0.25) is 9.10 Å². The summed E-state index contributed by atoms with van der Waals surface area (Å²) < 4.78 is 41.7. The van der Waals surface area contributed by atoms with Gasteiger partial charge >= 0.3 is 0 Å². The Morgan fingerprint density at radius 1 is 1.07 bits per heavy atom. The molecule has 0 unspecified atom stereocenters. The van der Waals surface area contributed by atoms with E-state index in [2.05, 4.69) is 5.32 Å². The molecule has 0 bridgehead atoms. The van der Waals surface area contributed by atoms with Crippen LogP contribution in [0, 0.1) is 0 Å². The number of benzene rings is 2. The van der Waals surface area contributed by atoms with E-state index in [4.69, 9.17) is 14.2 Å². The summed E-state index contributed by atoms with van der Waals surface area (Å²) in [6.07, 6.45) is 1.06. The van der Waals surface area contributed by atoms with Crippen LogP contribution >= 0.6 is 0 Å². The molecule has 0 saturated carbocycles. The van der Waals surface area contributed by atoms with Gasteiger partial charge in [-0.1, -0.05) is 0 Å². The maximum atomic E-state index is 12.8. The molecule has 0 aliphatic carbocycles. The topological polar surface area (TPSA) is 94.2 Å². The fraction of sp³-hybridized carbons (Fsp3) is 0.350. The van der Waals surface area contributed by atoms with Gasteiger partial charge in [0.2, 0.25) is 15.9 Å². The van der Waals surface area contributed by atoms with Crippen molar-refractivity contribution in [2.75, 3.05) is 36.7 Å². The van der Waals surface area contributed by atoms with Gasteiger partial charge in [-0.05, 0) is 50.2 Å². The van der Waals surface area contributed by atoms with E-state index in [9.17, 15) is 13.2 Å². The Bertz CT molecular complexity index is 944. The second-order valence-corrected chi connectivity index (χ2v) is 8.08. The summed E-state index contributed by atoms with van der Waals surface area (Å²) in [4.78, 5) is 12.8. The lowest BCUT2D eigenvalue weighted by Gasteiger charge is -2.28. The number of sulfonamides is 1. The van der Waals surface area contributed by atoms with E-state index in [0.717, 1.165) is 10.6 Å². The molecule has 0 aliphatic rings. The molecule has 0 aliphatic heterocycles. The average molecular weight is 423 g/mol. The fourth-order valence-electron chi connectivity index (χ4n) is 2.83. The van der Waals surface area contributed by atoms with Gasteiger partial charge in [0.1, 0.15) is 11.8 Å². The molecule has 8 nitrogen and oxygen atoms in total. The minimum atomic E-state index is -3.72. The first-order valence-electron chi connectivity index (χ1n) is 8.96. The lowest BCUT2D eigenvalue weighted by atomic mass is 10.2. The molecule has 0 spiro atoms. The van der Waals surface area contributed by atoms with Gasteiger partial charge in [0.05, 0.1) is 32.8 Å². The summed E-state index contributed by atoms with van der Waals surface area (Å²) in [5, 5.41) is 2.72. The third-order valence-electron chi connectivity index (χ3n) is 4.14. The molecule has 1 atom stereocenters.